The Morgan fingerprint density at radius 1 is 0.493 bits per heavy atom. The highest BCUT2D eigenvalue weighted by Crippen LogP contribution is 2.44. The number of guanidine groups is 3. The van der Waals surface area contributed by atoms with E-state index >= 15 is 0 Å². The number of aliphatic hydroxyl groups excluding tert-OH is 1. The molecule has 0 aliphatic rings. The number of phosphoric acid groups is 2. The number of hydrogen-bond donors (Lipinski definition) is 15. The van der Waals surface area contributed by atoms with E-state index in [2.05, 4.69) is 33.9 Å². The maximum atomic E-state index is 12.8. The number of nitrogens with one attached hydrogen (secondary N) is 7. The standard InChI is InChI=1S/C43H93N11O14P2S/c44-39(33-71)40(56)51-20-12-7-8-16-25-65-69(57,58)67-31-37(18-10-2-5-14-22-53-42(47)48)29-63-34-61-27-36(17-9-1-4-13-21-52-41(45)46)28-62-35-64-30-38(32-68-70(59,60)66-26-24-55)19-11-3-6-15-23-54-43(49)50/h36-39,55,71H,1-35,44H2,(H,51,56)(H,57,58)(H,59,60)(H4,45,46,52)(H4,47,48,53)(H4,49,50,54). The molecule has 25 nitrogen and oxygen atoms in total. The molecule has 0 radical (unpaired) electrons. The molecule has 1 amide bonds. The number of aliphatic hydroxyl groups is 1. The van der Waals surface area contributed by atoms with Gasteiger partial charge in [-0.3, -0.25) is 39.1 Å². The van der Waals surface area contributed by atoms with E-state index in [1.54, 1.807) is 0 Å². The zero-order valence-corrected chi connectivity index (χ0v) is 44.7. The molecule has 28 heteroatoms. The van der Waals surface area contributed by atoms with Gasteiger partial charge in [0, 0.05) is 49.7 Å². The summed E-state index contributed by atoms with van der Waals surface area (Å²) in [5.41, 5.74) is 21.7. The first kappa shape index (κ1) is 68.6. The van der Waals surface area contributed by atoms with Crippen LogP contribution < -0.4 is 44.2 Å². The van der Waals surface area contributed by atoms with E-state index in [0.29, 0.717) is 58.7 Å². The number of hydrogen-bond acceptors (Lipinski definition) is 17. The number of ether oxygens (including phenoxy) is 4. The van der Waals surface area contributed by atoms with Gasteiger partial charge in [0.1, 0.15) is 13.6 Å². The van der Waals surface area contributed by atoms with Crippen LogP contribution in [0.2, 0.25) is 0 Å². The monoisotopic (exact) mass is 1080 g/mol. The lowest BCUT2D eigenvalue weighted by atomic mass is 10.0. The molecule has 0 fully saturated rings. The Labute approximate surface area is 427 Å². The van der Waals surface area contributed by atoms with Gasteiger partial charge >= 0.3 is 15.6 Å². The molecule has 6 unspecified atom stereocenters. The predicted molar refractivity (Wildman–Crippen MR) is 277 cm³/mol. The van der Waals surface area contributed by atoms with E-state index < -0.39 is 28.3 Å². The highest BCUT2D eigenvalue weighted by atomic mass is 32.1. The molecule has 0 aliphatic heterocycles. The molecule has 6 atom stereocenters. The molecule has 0 saturated heterocycles. The zero-order chi connectivity index (χ0) is 52.9. The number of nitrogens with two attached hydrogens (primary N) is 4. The third-order valence-electron chi connectivity index (χ3n) is 10.8. The summed E-state index contributed by atoms with van der Waals surface area (Å²) in [5, 5.41) is 42.0. The minimum Gasteiger partial charge on any atom is -0.394 e. The van der Waals surface area contributed by atoms with Crippen molar-refractivity contribution in [2.24, 2.45) is 40.7 Å². The molecule has 71 heavy (non-hydrogen) atoms. The fourth-order valence-corrected chi connectivity index (χ4v) is 8.63. The van der Waals surface area contributed by atoms with Gasteiger partial charge in [-0.1, -0.05) is 70.6 Å². The first-order chi connectivity index (χ1) is 34.0. The minimum atomic E-state index is -4.35. The van der Waals surface area contributed by atoms with Gasteiger partial charge in [-0.15, -0.1) is 0 Å². The first-order valence-corrected chi connectivity index (χ1v) is 28.7. The molecule has 0 aromatic rings. The molecular weight excluding hydrogens is 989 g/mol. The Morgan fingerprint density at radius 3 is 1.17 bits per heavy atom. The molecular formula is C43H93N11O14P2S. The molecule has 0 bridgehead atoms. The fraction of sp³-hybridized carbons (Fsp3) is 0.907. The Kier molecular flexibility index (Phi) is 44.6. The summed E-state index contributed by atoms with van der Waals surface area (Å²) in [6, 6.07) is -0.647. The number of carbonyl (C=O) groups excluding carboxylic acids is 1. The number of rotatable bonds is 52. The van der Waals surface area contributed by atoms with Crippen LogP contribution in [0.4, 0.5) is 0 Å². The lowest BCUT2D eigenvalue weighted by Gasteiger charge is -2.21. The van der Waals surface area contributed by atoms with Crippen molar-refractivity contribution in [3.05, 3.63) is 0 Å². The summed E-state index contributed by atoms with van der Waals surface area (Å²) in [4.78, 5) is 32.2. The summed E-state index contributed by atoms with van der Waals surface area (Å²) in [6.07, 6.45) is 15.5. The highest BCUT2D eigenvalue weighted by molar-refractivity contribution is 7.80. The van der Waals surface area contributed by atoms with E-state index in [9.17, 15) is 23.7 Å². The van der Waals surface area contributed by atoms with Crippen LogP contribution in [0.25, 0.3) is 0 Å². The van der Waals surface area contributed by atoms with E-state index in [4.69, 9.17) is 81.3 Å². The van der Waals surface area contributed by atoms with E-state index in [0.717, 1.165) is 103 Å². The van der Waals surface area contributed by atoms with Gasteiger partial charge in [-0.25, -0.2) is 9.13 Å². The molecule has 0 spiro atoms. The van der Waals surface area contributed by atoms with Gasteiger partial charge < -0.3 is 78.0 Å². The van der Waals surface area contributed by atoms with Crippen LogP contribution in [0.5, 0.6) is 0 Å². The van der Waals surface area contributed by atoms with Crippen molar-refractivity contribution < 1.29 is 65.9 Å². The quantitative estimate of drug-likeness (QED) is 0.0104. The molecule has 0 aromatic heterocycles. The van der Waals surface area contributed by atoms with Gasteiger partial charge in [-0.05, 0) is 51.4 Å². The lowest BCUT2D eigenvalue weighted by molar-refractivity contribution is -0.121. The molecule has 0 rings (SSSR count). The zero-order valence-electron chi connectivity index (χ0n) is 42.0. The Balaban J connectivity index is 5.22. The molecule has 0 aromatic carbocycles. The Hall–Kier alpha value is -2.39. The maximum absolute atomic E-state index is 12.8. The van der Waals surface area contributed by atoms with E-state index in [1.807, 2.05) is 0 Å². The van der Waals surface area contributed by atoms with Gasteiger partial charge in [0.2, 0.25) is 5.91 Å². The van der Waals surface area contributed by atoms with Crippen LogP contribution >= 0.6 is 28.3 Å². The van der Waals surface area contributed by atoms with E-state index in [1.165, 1.54) is 0 Å². The first-order valence-electron chi connectivity index (χ1n) is 25.0. The number of unbranched alkanes of at least 4 members (excludes halogenated alkanes) is 12. The summed E-state index contributed by atoms with van der Waals surface area (Å²) < 4.78 is 69.3. The van der Waals surface area contributed by atoms with Crippen molar-refractivity contribution in [1.29, 1.82) is 16.2 Å². The van der Waals surface area contributed by atoms with Gasteiger partial charge in [0.15, 0.2) is 17.9 Å². The van der Waals surface area contributed by atoms with E-state index in [-0.39, 0.29) is 101 Å². The van der Waals surface area contributed by atoms with Gasteiger partial charge in [0.05, 0.1) is 65.5 Å². The Morgan fingerprint density at radius 2 is 0.817 bits per heavy atom. The van der Waals surface area contributed by atoms with Crippen molar-refractivity contribution in [2.75, 3.05) is 105 Å². The topological polar surface area (TPSA) is 409 Å². The summed E-state index contributed by atoms with van der Waals surface area (Å²) in [5.74, 6) is -0.640. The highest BCUT2D eigenvalue weighted by Gasteiger charge is 2.25. The molecule has 0 saturated carbocycles. The smallest absolute Gasteiger partial charge is 0.394 e. The van der Waals surface area contributed by atoms with Crippen LogP contribution in [0, 0.1) is 34.0 Å². The second-order valence-electron chi connectivity index (χ2n) is 17.4. The average Bonchev–Trinajstić information content (AvgIpc) is 3.32. The van der Waals surface area contributed by atoms with Crippen LogP contribution in [-0.2, 0) is 51.0 Å². The van der Waals surface area contributed by atoms with Crippen molar-refractivity contribution in [3.8, 4) is 0 Å². The summed E-state index contributed by atoms with van der Waals surface area (Å²) in [6.45, 7) is 2.46. The van der Waals surface area contributed by atoms with Gasteiger partial charge in [-0.2, -0.15) is 12.6 Å². The van der Waals surface area contributed by atoms with Crippen molar-refractivity contribution in [1.82, 2.24) is 21.3 Å². The third kappa shape index (κ3) is 47.1. The Bertz CT molecular complexity index is 1460. The number of phosphoric ester groups is 2. The van der Waals surface area contributed by atoms with Crippen molar-refractivity contribution >= 4 is 52.1 Å². The maximum Gasteiger partial charge on any atom is 0.472 e. The van der Waals surface area contributed by atoms with Crippen LogP contribution in [-0.4, -0.2) is 150 Å². The van der Waals surface area contributed by atoms with Crippen LogP contribution in [0.1, 0.15) is 122 Å². The average molecular weight is 1080 g/mol. The molecule has 420 valence electrons. The molecule has 18 N–H and O–H groups in total. The molecule has 0 aliphatic carbocycles. The lowest BCUT2D eigenvalue weighted by Crippen LogP contribution is -2.42. The minimum absolute atomic E-state index is 0.00463. The fourth-order valence-electron chi connectivity index (χ4n) is 6.84. The normalized spacial score (nSPS) is 14.9. The largest absolute Gasteiger partial charge is 0.472 e. The summed E-state index contributed by atoms with van der Waals surface area (Å²) in [7, 11) is -8.68. The van der Waals surface area contributed by atoms with Crippen molar-refractivity contribution in [3.63, 3.8) is 0 Å². The van der Waals surface area contributed by atoms with Crippen LogP contribution in [0.15, 0.2) is 0 Å². The predicted octanol–water partition coefficient (Wildman–Crippen LogP) is 3.31. The SMILES string of the molecule is N=C(N)NCCCCCCC(COCOCC(CCCCCCNC(=N)N)COP(=O)(O)OCCO)COCOCC(CCCCCCNC(=N)N)COP(=O)(O)OCCCCCCNC(=O)C(N)CS. The second kappa shape index (κ2) is 46.2. The summed E-state index contributed by atoms with van der Waals surface area (Å²) >= 11 is 4.02. The van der Waals surface area contributed by atoms with Gasteiger partial charge in [0.25, 0.3) is 0 Å². The third-order valence-corrected chi connectivity index (χ3v) is 13.1. The number of amides is 1. The van der Waals surface area contributed by atoms with Crippen LogP contribution in [0.3, 0.4) is 0 Å². The molecule has 0 heterocycles. The van der Waals surface area contributed by atoms with Crippen molar-refractivity contribution in [2.45, 2.75) is 128 Å². The number of carbonyl (C=O) groups is 1. The second-order valence-corrected chi connectivity index (χ2v) is 20.6. The number of thiol groups is 1.